The minimum atomic E-state index is -0.0254. The normalized spacial score (nSPS) is 17.1. The second-order valence-electron chi connectivity index (χ2n) is 5.08. The highest BCUT2D eigenvalue weighted by atomic mass is 16.2. The summed E-state index contributed by atoms with van der Waals surface area (Å²) < 4.78 is 1.95. The monoisotopic (exact) mass is 270 g/mol. The standard InChI is InChI=1S/C15H18N4O/c1-12-10-13-4-2-3-5-14(13)19(12)15(20)17-7-9-18-8-6-16-11-18/h2-6,8,11-12H,7,9-10H2,1H3,(H,17,20)/t12-/m0/s1. The van der Waals surface area contributed by atoms with Crippen LogP contribution < -0.4 is 10.2 Å². The summed E-state index contributed by atoms with van der Waals surface area (Å²) >= 11 is 0. The van der Waals surface area contributed by atoms with Crippen LogP contribution >= 0.6 is 0 Å². The van der Waals surface area contributed by atoms with Crippen molar-refractivity contribution in [1.82, 2.24) is 14.9 Å². The maximum absolute atomic E-state index is 12.3. The van der Waals surface area contributed by atoms with E-state index in [4.69, 9.17) is 0 Å². The van der Waals surface area contributed by atoms with Gasteiger partial charge in [0.2, 0.25) is 0 Å². The number of amides is 2. The molecule has 104 valence electrons. The van der Waals surface area contributed by atoms with Gasteiger partial charge in [-0.3, -0.25) is 4.90 Å². The topological polar surface area (TPSA) is 50.2 Å². The number of para-hydroxylation sites is 1. The van der Waals surface area contributed by atoms with E-state index >= 15 is 0 Å². The molecule has 2 amide bonds. The minimum absolute atomic E-state index is 0.0254. The summed E-state index contributed by atoms with van der Waals surface area (Å²) in [5.41, 5.74) is 2.27. The Kier molecular flexibility index (Phi) is 3.41. The zero-order valence-electron chi connectivity index (χ0n) is 11.5. The fourth-order valence-electron chi connectivity index (χ4n) is 2.67. The molecule has 20 heavy (non-hydrogen) atoms. The highest BCUT2D eigenvalue weighted by Crippen LogP contribution is 2.31. The Morgan fingerprint density at radius 1 is 1.45 bits per heavy atom. The van der Waals surface area contributed by atoms with Gasteiger partial charge in [-0.2, -0.15) is 0 Å². The van der Waals surface area contributed by atoms with E-state index in [1.165, 1.54) is 5.56 Å². The van der Waals surface area contributed by atoms with E-state index in [1.807, 2.05) is 33.9 Å². The fraction of sp³-hybridized carbons (Fsp3) is 0.333. The van der Waals surface area contributed by atoms with Gasteiger partial charge in [-0.1, -0.05) is 18.2 Å². The lowest BCUT2D eigenvalue weighted by Crippen LogP contribution is -2.44. The molecule has 1 atom stereocenters. The van der Waals surface area contributed by atoms with Crippen LogP contribution in [0.5, 0.6) is 0 Å². The first-order valence-corrected chi connectivity index (χ1v) is 6.86. The van der Waals surface area contributed by atoms with Crippen molar-refractivity contribution >= 4 is 11.7 Å². The number of anilines is 1. The fourth-order valence-corrected chi connectivity index (χ4v) is 2.67. The zero-order chi connectivity index (χ0) is 13.9. The summed E-state index contributed by atoms with van der Waals surface area (Å²) in [6, 6.07) is 8.27. The van der Waals surface area contributed by atoms with E-state index in [0.717, 1.165) is 18.7 Å². The first-order chi connectivity index (χ1) is 9.75. The Bertz CT molecular complexity index is 594. The van der Waals surface area contributed by atoms with Gasteiger partial charge in [-0.25, -0.2) is 9.78 Å². The van der Waals surface area contributed by atoms with Gasteiger partial charge in [-0.05, 0) is 25.0 Å². The third-order valence-electron chi connectivity index (χ3n) is 3.63. The second kappa shape index (κ2) is 5.36. The molecular weight excluding hydrogens is 252 g/mol. The number of hydrogen-bond donors (Lipinski definition) is 1. The number of aromatic nitrogens is 2. The predicted molar refractivity (Wildman–Crippen MR) is 77.7 cm³/mol. The summed E-state index contributed by atoms with van der Waals surface area (Å²) in [5, 5.41) is 2.97. The number of urea groups is 1. The molecule has 1 aromatic heterocycles. The number of nitrogens with one attached hydrogen (secondary N) is 1. The largest absolute Gasteiger partial charge is 0.336 e. The van der Waals surface area contributed by atoms with Crippen LogP contribution in [0.15, 0.2) is 43.0 Å². The van der Waals surface area contributed by atoms with Gasteiger partial charge in [0.05, 0.1) is 6.33 Å². The molecule has 0 spiro atoms. The molecule has 0 saturated carbocycles. The van der Waals surface area contributed by atoms with Gasteiger partial charge in [0.1, 0.15) is 0 Å². The van der Waals surface area contributed by atoms with Gasteiger partial charge >= 0.3 is 6.03 Å². The van der Waals surface area contributed by atoms with Crippen molar-refractivity contribution in [3.05, 3.63) is 48.5 Å². The molecule has 5 nitrogen and oxygen atoms in total. The molecule has 0 aliphatic carbocycles. The first-order valence-electron chi connectivity index (χ1n) is 6.86. The molecule has 0 unspecified atom stereocenters. The second-order valence-corrected chi connectivity index (χ2v) is 5.08. The third-order valence-corrected chi connectivity index (χ3v) is 3.63. The van der Waals surface area contributed by atoms with E-state index in [9.17, 15) is 4.79 Å². The van der Waals surface area contributed by atoms with Crippen molar-refractivity contribution < 1.29 is 4.79 Å². The number of fused-ring (bicyclic) bond motifs is 1. The highest BCUT2D eigenvalue weighted by Gasteiger charge is 2.30. The minimum Gasteiger partial charge on any atom is -0.336 e. The molecule has 0 saturated heterocycles. The van der Waals surface area contributed by atoms with Crippen LogP contribution in [0.1, 0.15) is 12.5 Å². The molecule has 1 aromatic carbocycles. The third kappa shape index (κ3) is 2.39. The van der Waals surface area contributed by atoms with Gasteiger partial charge in [0.15, 0.2) is 0 Å². The average molecular weight is 270 g/mol. The number of nitrogens with zero attached hydrogens (tertiary/aromatic N) is 3. The number of rotatable bonds is 3. The van der Waals surface area contributed by atoms with Crippen LogP contribution in [0.2, 0.25) is 0 Å². The molecule has 0 fully saturated rings. The maximum Gasteiger partial charge on any atom is 0.322 e. The van der Waals surface area contributed by atoms with Crippen LogP contribution in [-0.2, 0) is 13.0 Å². The molecule has 3 rings (SSSR count). The summed E-state index contributed by atoms with van der Waals surface area (Å²) in [6.45, 7) is 3.41. The molecule has 5 heteroatoms. The van der Waals surface area contributed by atoms with Gasteiger partial charge in [-0.15, -0.1) is 0 Å². The number of carbonyl (C=O) groups excluding carboxylic acids is 1. The first kappa shape index (κ1) is 12.7. The number of carbonyl (C=O) groups is 1. The SMILES string of the molecule is C[C@H]1Cc2ccccc2N1C(=O)NCCn1ccnc1. The number of hydrogen-bond acceptors (Lipinski definition) is 2. The Balaban J connectivity index is 1.62. The molecule has 2 aromatic rings. The smallest absolute Gasteiger partial charge is 0.322 e. The van der Waals surface area contributed by atoms with Crippen molar-refractivity contribution in [2.24, 2.45) is 0 Å². The molecule has 1 aliphatic heterocycles. The maximum atomic E-state index is 12.3. The summed E-state index contributed by atoms with van der Waals surface area (Å²) in [7, 11) is 0. The predicted octanol–water partition coefficient (Wildman–Crippen LogP) is 2.04. The van der Waals surface area contributed by atoms with Crippen molar-refractivity contribution in [1.29, 1.82) is 0 Å². The lowest BCUT2D eigenvalue weighted by Gasteiger charge is -2.23. The Morgan fingerprint density at radius 2 is 2.30 bits per heavy atom. The van der Waals surface area contributed by atoms with Crippen LogP contribution in [-0.4, -0.2) is 28.2 Å². The highest BCUT2D eigenvalue weighted by molar-refractivity contribution is 5.94. The average Bonchev–Trinajstić information content (AvgIpc) is 3.04. The van der Waals surface area contributed by atoms with E-state index in [2.05, 4.69) is 23.3 Å². The van der Waals surface area contributed by atoms with Crippen molar-refractivity contribution in [2.75, 3.05) is 11.4 Å². The van der Waals surface area contributed by atoms with E-state index in [-0.39, 0.29) is 12.1 Å². The van der Waals surface area contributed by atoms with Crippen LogP contribution in [0, 0.1) is 0 Å². The lowest BCUT2D eigenvalue weighted by atomic mass is 10.1. The lowest BCUT2D eigenvalue weighted by molar-refractivity contribution is 0.244. The summed E-state index contributed by atoms with van der Waals surface area (Å²) in [6.07, 6.45) is 6.30. The van der Waals surface area contributed by atoms with Crippen LogP contribution in [0.4, 0.5) is 10.5 Å². The summed E-state index contributed by atoms with van der Waals surface area (Å²) in [4.78, 5) is 18.2. The van der Waals surface area contributed by atoms with Gasteiger partial charge in [0.25, 0.3) is 0 Å². The van der Waals surface area contributed by atoms with Crippen molar-refractivity contribution in [3.8, 4) is 0 Å². The quantitative estimate of drug-likeness (QED) is 0.928. The molecule has 1 N–H and O–H groups in total. The molecule has 2 heterocycles. The Labute approximate surface area is 118 Å². The molecule has 0 bridgehead atoms. The Morgan fingerprint density at radius 3 is 3.10 bits per heavy atom. The molecule has 0 radical (unpaired) electrons. The summed E-state index contributed by atoms with van der Waals surface area (Å²) in [5.74, 6) is 0. The van der Waals surface area contributed by atoms with Crippen LogP contribution in [0.3, 0.4) is 0 Å². The molecule has 1 aliphatic rings. The van der Waals surface area contributed by atoms with Gasteiger partial charge < -0.3 is 9.88 Å². The number of imidazole rings is 1. The molecular formula is C15H18N4O. The number of benzene rings is 1. The zero-order valence-corrected chi connectivity index (χ0v) is 11.5. The van der Waals surface area contributed by atoms with E-state index < -0.39 is 0 Å². The Hall–Kier alpha value is -2.30. The van der Waals surface area contributed by atoms with Crippen molar-refractivity contribution in [3.63, 3.8) is 0 Å². The van der Waals surface area contributed by atoms with E-state index in [1.54, 1.807) is 12.5 Å². The van der Waals surface area contributed by atoms with Crippen LogP contribution in [0.25, 0.3) is 0 Å². The van der Waals surface area contributed by atoms with Crippen molar-refractivity contribution in [2.45, 2.75) is 25.9 Å². The van der Waals surface area contributed by atoms with Gasteiger partial charge in [0, 0.05) is 37.2 Å². The van der Waals surface area contributed by atoms with E-state index in [0.29, 0.717) is 6.54 Å².